The Morgan fingerprint density at radius 3 is 2.56 bits per heavy atom. The van der Waals surface area contributed by atoms with Gasteiger partial charge in [-0.3, -0.25) is 0 Å². The van der Waals surface area contributed by atoms with Crippen LogP contribution in [0.25, 0.3) is 0 Å². The van der Waals surface area contributed by atoms with Crippen LogP contribution in [0.2, 0.25) is 0 Å². The van der Waals surface area contributed by atoms with E-state index < -0.39 is 24.2 Å². The lowest BCUT2D eigenvalue weighted by Gasteiger charge is -2.32. The second-order valence-electron chi connectivity index (χ2n) is 6.73. The molecule has 0 radical (unpaired) electrons. The number of aromatic hydroxyl groups is 2. The maximum atomic E-state index is 11.2. The number of rotatable bonds is 6. The number of ether oxygens (including phenoxy) is 3. The number of benzene rings is 2. The Morgan fingerprint density at radius 1 is 1.11 bits per heavy atom. The van der Waals surface area contributed by atoms with E-state index in [-0.39, 0.29) is 18.1 Å². The molecule has 1 heterocycles. The Bertz CT molecular complexity index is 807. The maximum absolute atomic E-state index is 11.2. The molecule has 3 atom stereocenters. The third-order valence-electron chi connectivity index (χ3n) is 5.06. The lowest BCUT2D eigenvalue weighted by Crippen LogP contribution is -2.43. The van der Waals surface area contributed by atoms with Crippen molar-refractivity contribution >= 4 is 0 Å². The quantitative estimate of drug-likeness (QED) is 0.608. The predicted octanol–water partition coefficient (Wildman–Crippen LogP) is 1.77. The summed E-state index contributed by atoms with van der Waals surface area (Å²) in [4.78, 5) is 0. The van der Waals surface area contributed by atoms with E-state index in [1.54, 1.807) is 18.2 Å². The molecule has 0 aromatic heterocycles. The molecule has 4 N–H and O–H groups in total. The zero-order chi connectivity index (χ0) is 19.6. The van der Waals surface area contributed by atoms with E-state index in [0.717, 1.165) is 5.56 Å². The average molecular weight is 376 g/mol. The lowest BCUT2D eigenvalue weighted by atomic mass is 9.80. The van der Waals surface area contributed by atoms with Crippen molar-refractivity contribution < 1.29 is 34.6 Å². The van der Waals surface area contributed by atoms with E-state index in [2.05, 4.69) is 0 Å². The first-order chi connectivity index (χ1) is 12.9. The summed E-state index contributed by atoms with van der Waals surface area (Å²) in [5, 5.41) is 40.8. The average Bonchev–Trinajstić information content (AvgIpc) is 2.99. The number of hydrogen-bond acceptors (Lipinski definition) is 7. The summed E-state index contributed by atoms with van der Waals surface area (Å²) in [5.74, 6) is 0.398. The number of aliphatic hydroxyl groups excluding tert-OH is 1. The van der Waals surface area contributed by atoms with Crippen molar-refractivity contribution in [3.63, 3.8) is 0 Å². The number of methoxy groups -OCH3 is 2. The van der Waals surface area contributed by atoms with Crippen molar-refractivity contribution in [2.75, 3.05) is 27.4 Å². The molecule has 2 aromatic rings. The number of phenolic OH excluding ortho intramolecular Hbond substituents is 2. The third kappa shape index (κ3) is 3.66. The van der Waals surface area contributed by atoms with Crippen molar-refractivity contribution in [2.45, 2.75) is 18.1 Å². The van der Waals surface area contributed by atoms with E-state index in [1.165, 1.54) is 32.4 Å². The van der Waals surface area contributed by atoms with Crippen LogP contribution in [0.1, 0.15) is 17.2 Å². The molecule has 1 saturated heterocycles. The molecule has 3 unspecified atom stereocenters. The van der Waals surface area contributed by atoms with Gasteiger partial charge in [0.25, 0.3) is 0 Å². The van der Waals surface area contributed by atoms with Crippen molar-refractivity contribution in [1.29, 1.82) is 0 Å². The number of hydrogen-bond donors (Lipinski definition) is 4. The van der Waals surface area contributed by atoms with E-state index in [1.807, 2.05) is 0 Å². The fourth-order valence-electron chi connectivity index (χ4n) is 3.56. The van der Waals surface area contributed by atoms with E-state index in [0.29, 0.717) is 23.5 Å². The van der Waals surface area contributed by atoms with Gasteiger partial charge in [-0.25, -0.2) is 0 Å². The molecule has 1 aliphatic rings. The molecular weight excluding hydrogens is 352 g/mol. The van der Waals surface area contributed by atoms with Gasteiger partial charge in [0, 0.05) is 12.0 Å². The second-order valence-corrected chi connectivity index (χ2v) is 6.73. The van der Waals surface area contributed by atoms with Gasteiger partial charge >= 0.3 is 0 Å². The van der Waals surface area contributed by atoms with Crippen LogP contribution >= 0.6 is 0 Å². The van der Waals surface area contributed by atoms with Crippen molar-refractivity contribution in [1.82, 2.24) is 0 Å². The van der Waals surface area contributed by atoms with Crippen LogP contribution in [0, 0.1) is 5.92 Å². The highest BCUT2D eigenvalue weighted by Crippen LogP contribution is 2.45. The Morgan fingerprint density at radius 2 is 1.89 bits per heavy atom. The minimum atomic E-state index is -1.54. The van der Waals surface area contributed by atoms with Crippen LogP contribution in [-0.2, 0) is 11.2 Å². The highest BCUT2D eigenvalue weighted by atomic mass is 16.5. The van der Waals surface area contributed by atoms with E-state index in [9.17, 15) is 20.4 Å². The van der Waals surface area contributed by atoms with Crippen molar-refractivity contribution in [2.24, 2.45) is 5.92 Å². The fourth-order valence-corrected chi connectivity index (χ4v) is 3.56. The summed E-state index contributed by atoms with van der Waals surface area (Å²) in [6.45, 7) is -0.279. The third-order valence-corrected chi connectivity index (χ3v) is 5.06. The summed E-state index contributed by atoms with van der Waals surface area (Å²) in [6.07, 6.45) is -0.396. The summed E-state index contributed by atoms with van der Waals surface area (Å²) in [5.41, 5.74) is -0.183. The molecule has 7 heteroatoms. The lowest BCUT2D eigenvalue weighted by molar-refractivity contribution is -0.0882. The van der Waals surface area contributed by atoms with Gasteiger partial charge < -0.3 is 34.6 Å². The molecule has 1 aliphatic heterocycles. The molecule has 7 nitrogen and oxygen atoms in total. The van der Waals surface area contributed by atoms with Gasteiger partial charge in [-0.15, -0.1) is 0 Å². The van der Waals surface area contributed by atoms with Crippen LogP contribution in [0.3, 0.4) is 0 Å². The van der Waals surface area contributed by atoms with Crippen LogP contribution < -0.4 is 9.47 Å². The van der Waals surface area contributed by atoms with E-state index in [4.69, 9.17) is 14.2 Å². The molecule has 146 valence electrons. The van der Waals surface area contributed by atoms with Crippen LogP contribution in [0.4, 0.5) is 0 Å². The zero-order valence-corrected chi connectivity index (χ0v) is 15.3. The summed E-state index contributed by atoms with van der Waals surface area (Å²) in [7, 11) is 2.94. The van der Waals surface area contributed by atoms with Gasteiger partial charge in [0.15, 0.2) is 11.5 Å². The molecule has 0 spiro atoms. The van der Waals surface area contributed by atoms with Crippen LogP contribution in [0.5, 0.6) is 23.0 Å². The molecular formula is C20H24O7. The van der Waals surface area contributed by atoms with Gasteiger partial charge in [-0.1, -0.05) is 6.07 Å². The molecule has 0 amide bonds. The summed E-state index contributed by atoms with van der Waals surface area (Å²) < 4.78 is 16.1. The Kier molecular flexibility index (Phi) is 5.46. The van der Waals surface area contributed by atoms with Gasteiger partial charge in [-0.05, 0) is 41.8 Å². The Hall–Kier alpha value is -2.48. The van der Waals surface area contributed by atoms with Crippen molar-refractivity contribution in [3.8, 4) is 23.0 Å². The topological polar surface area (TPSA) is 109 Å². The highest BCUT2D eigenvalue weighted by molar-refractivity contribution is 5.43. The van der Waals surface area contributed by atoms with Gasteiger partial charge in [0.2, 0.25) is 0 Å². The Labute approximate surface area is 157 Å². The summed E-state index contributed by atoms with van der Waals surface area (Å²) in [6, 6.07) is 9.56. The normalized spacial score (nSPS) is 24.7. The van der Waals surface area contributed by atoms with E-state index >= 15 is 0 Å². The molecule has 0 aliphatic carbocycles. The molecule has 0 bridgehead atoms. The largest absolute Gasteiger partial charge is 0.508 e. The predicted molar refractivity (Wildman–Crippen MR) is 97.2 cm³/mol. The standard InChI is InChI=1S/C20H24O7/c1-25-16-8-13(7-15(22)9-16)19-20(24,11-21)14(10-27-19)5-12-3-4-17(23)18(6-12)26-2/h3-4,6-9,14,19,21-24H,5,10-11H2,1-2H3. The minimum Gasteiger partial charge on any atom is -0.508 e. The molecule has 2 aromatic carbocycles. The fraction of sp³-hybridized carbons (Fsp3) is 0.400. The van der Waals surface area contributed by atoms with Gasteiger partial charge in [0.1, 0.15) is 23.2 Å². The van der Waals surface area contributed by atoms with Crippen LogP contribution in [-0.4, -0.2) is 53.5 Å². The molecule has 0 saturated carbocycles. The maximum Gasteiger partial charge on any atom is 0.160 e. The SMILES string of the molecule is COc1cc(O)cc(C2OCC(Cc3ccc(O)c(OC)c3)C2(O)CO)c1. The molecule has 3 rings (SSSR count). The first-order valence-electron chi connectivity index (χ1n) is 8.60. The monoisotopic (exact) mass is 376 g/mol. The first kappa shape index (κ1) is 19.3. The molecule has 1 fully saturated rings. The smallest absolute Gasteiger partial charge is 0.160 e. The van der Waals surface area contributed by atoms with Crippen molar-refractivity contribution in [3.05, 3.63) is 47.5 Å². The molecule has 27 heavy (non-hydrogen) atoms. The van der Waals surface area contributed by atoms with Gasteiger partial charge in [0.05, 0.1) is 27.4 Å². The highest BCUT2D eigenvalue weighted by Gasteiger charge is 2.50. The van der Waals surface area contributed by atoms with Crippen LogP contribution in [0.15, 0.2) is 36.4 Å². The van der Waals surface area contributed by atoms with Gasteiger partial charge in [-0.2, -0.15) is 0 Å². The Balaban J connectivity index is 1.88. The first-order valence-corrected chi connectivity index (χ1v) is 8.60. The number of phenols is 2. The second kappa shape index (κ2) is 7.64. The zero-order valence-electron chi connectivity index (χ0n) is 15.3. The number of aliphatic hydroxyl groups is 2. The minimum absolute atomic E-state index is 0.0139. The summed E-state index contributed by atoms with van der Waals surface area (Å²) >= 11 is 0.